The number of aromatic nitrogens is 3. The molecule has 2 aromatic rings. The van der Waals surface area contributed by atoms with Gasteiger partial charge in [-0.1, -0.05) is 0 Å². The molecule has 5 rings (SSSR count). The van der Waals surface area contributed by atoms with Crippen molar-refractivity contribution in [3.05, 3.63) is 34.3 Å². The molecule has 0 aromatic carbocycles. The van der Waals surface area contributed by atoms with Crippen molar-refractivity contribution in [3.8, 4) is 0 Å². The van der Waals surface area contributed by atoms with E-state index in [1.807, 2.05) is 28.4 Å². The van der Waals surface area contributed by atoms with E-state index in [-0.39, 0.29) is 17.7 Å². The van der Waals surface area contributed by atoms with Gasteiger partial charge in [-0.05, 0) is 46.0 Å². The largest absolute Gasteiger partial charge is 0.341 e. The number of nitrogens with zero attached hydrogens (tertiary/aromatic N) is 5. The second kappa shape index (κ2) is 7.73. The molecule has 2 saturated heterocycles. The number of rotatable bonds is 6. The number of carbonyl (C=O) groups excluding carboxylic acids is 2. The summed E-state index contributed by atoms with van der Waals surface area (Å²) in [4.78, 5) is 39.9. The topological polar surface area (TPSA) is 71.3 Å². The monoisotopic (exact) mass is 441 g/mol. The van der Waals surface area contributed by atoms with Gasteiger partial charge in [0.2, 0.25) is 11.8 Å². The standard InChI is InChI=1S/C23H31N5O2S/c1-15(2)28-11-20(24-14-28)19-10-27(21(29)8-17-4-5-17)13-23(19)6-7-26(22(23)30)9-18-12-31-16(3)25-18/h11-12,14-15,17,19H,4-10,13H2,1-3H3/t19-,23+/m1/s1. The molecule has 2 atom stereocenters. The van der Waals surface area contributed by atoms with Crippen LogP contribution in [0.2, 0.25) is 0 Å². The Bertz CT molecular complexity index is 994. The summed E-state index contributed by atoms with van der Waals surface area (Å²) in [5, 5.41) is 3.06. The molecule has 2 aromatic heterocycles. The van der Waals surface area contributed by atoms with E-state index in [2.05, 4.69) is 29.6 Å². The summed E-state index contributed by atoms with van der Waals surface area (Å²) >= 11 is 1.62. The van der Waals surface area contributed by atoms with Crippen molar-refractivity contribution in [2.75, 3.05) is 19.6 Å². The molecule has 0 N–H and O–H groups in total. The van der Waals surface area contributed by atoms with Crippen molar-refractivity contribution < 1.29 is 9.59 Å². The van der Waals surface area contributed by atoms with E-state index in [4.69, 9.17) is 4.98 Å². The number of likely N-dealkylation sites (tertiary alicyclic amines) is 2. The highest BCUT2D eigenvalue weighted by molar-refractivity contribution is 7.09. The normalized spacial score (nSPS) is 26.1. The Hall–Kier alpha value is -2.22. The summed E-state index contributed by atoms with van der Waals surface area (Å²) in [5.41, 5.74) is 1.32. The van der Waals surface area contributed by atoms with Crippen molar-refractivity contribution in [2.24, 2.45) is 11.3 Å². The van der Waals surface area contributed by atoms with E-state index in [0.29, 0.717) is 44.6 Å². The van der Waals surface area contributed by atoms with Gasteiger partial charge in [-0.3, -0.25) is 9.59 Å². The van der Waals surface area contributed by atoms with Crippen LogP contribution in [0.4, 0.5) is 0 Å². The van der Waals surface area contributed by atoms with Gasteiger partial charge in [-0.2, -0.15) is 0 Å². The zero-order valence-corrected chi connectivity index (χ0v) is 19.4. The molecular weight excluding hydrogens is 410 g/mol. The van der Waals surface area contributed by atoms with Crippen LogP contribution in [0.5, 0.6) is 0 Å². The Labute approximate surface area is 187 Å². The first kappa shape index (κ1) is 20.7. The van der Waals surface area contributed by atoms with Crippen molar-refractivity contribution >= 4 is 23.2 Å². The third-order valence-corrected chi connectivity index (χ3v) is 8.01. The Morgan fingerprint density at radius 3 is 2.81 bits per heavy atom. The molecule has 0 radical (unpaired) electrons. The minimum atomic E-state index is -0.569. The Morgan fingerprint density at radius 1 is 1.35 bits per heavy atom. The maximum atomic E-state index is 13.8. The number of thiazole rings is 1. The molecular formula is C23H31N5O2S. The summed E-state index contributed by atoms with van der Waals surface area (Å²) in [6, 6.07) is 0.315. The Balaban J connectivity index is 1.42. The van der Waals surface area contributed by atoms with E-state index in [1.54, 1.807) is 11.3 Å². The highest BCUT2D eigenvalue weighted by atomic mass is 32.1. The second-order valence-electron chi connectivity index (χ2n) is 9.80. The number of carbonyl (C=O) groups is 2. The summed E-state index contributed by atoms with van der Waals surface area (Å²) in [6.07, 6.45) is 7.64. The van der Waals surface area contributed by atoms with Crippen LogP contribution < -0.4 is 0 Å². The smallest absolute Gasteiger partial charge is 0.231 e. The lowest BCUT2D eigenvalue weighted by atomic mass is 9.75. The van der Waals surface area contributed by atoms with Crippen LogP contribution in [0.25, 0.3) is 0 Å². The van der Waals surface area contributed by atoms with E-state index in [1.165, 1.54) is 0 Å². The molecule has 1 spiro atoms. The summed E-state index contributed by atoms with van der Waals surface area (Å²) < 4.78 is 2.09. The Kier molecular flexibility index (Phi) is 5.15. The van der Waals surface area contributed by atoms with Crippen LogP contribution in [-0.2, 0) is 16.1 Å². The first-order valence-electron chi connectivity index (χ1n) is 11.4. The molecule has 2 amide bonds. The fraction of sp³-hybridized carbons (Fsp3) is 0.652. The summed E-state index contributed by atoms with van der Waals surface area (Å²) in [7, 11) is 0. The van der Waals surface area contributed by atoms with Gasteiger partial charge in [-0.25, -0.2) is 9.97 Å². The fourth-order valence-corrected chi connectivity index (χ4v) is 5.75. The maximum Gasteiger partial charge on any atom is 0.231 e. The number of amides is 2. The highest BCUT2D eigenvalue weighted by Gasteiger charge is 2.58. The molecule has 0 unspecified atom stereocenters. The van der Waals surface area contributed by atoms with Crippen LogP contribution in [-0.4, -0.2) is 55.8 Å². The third kappa shape index (κ3) is 3.79. The molecule has 2 aliphatic heterocycles. The number of imidazole rings is 1. The molecule has 0 bridgehead atoms. The van der Waals surface area contributed by atoms with Gasteiger partial charge in [-0.15, -0.1) is 11.3 Å². The molecule has 3 fully saturated rings. The van der Waals surface area contributed by atoms with E-state index >= 15 is 0 Å². The lowest BCUT2D eigenvalue weighted by Gasteiger charge is -2.27. The molecule has 166 valence electrons. The van der Waals surface area contributed by atoms with Crippen molar-refractivity contribution in [1.29, 1.82) is 0 Å². The quantitative estimate of drug-likeness (QED) is 0.689. The molecule has 3 aliphatic rings. The number of aryl methyl sites for hydroxylation is 1. The van der Waals surface area contributed by atoms with Gasteiger partial charge in [0.15, 0.2) is 0 Å². The van der Waals surface area contributed by atoms with Crippen molar-refractivity contribution in [2.45, 2.75) is 65.0 Å². The van der Waals surface area contributed by atoms with E-state index in [0.717, 1.165) is 35.7 Å². The van der Waals surface area contributed by atoms with Gasteiger partial charge < -0.3 is 14.4 Å². The highest BCUT2D eigenvalue weighted by Crippen LogP contribution is 2.50. The van der Waals surface area contributed by atoms with Crippen molar-refractivity contribution in [1.82, 2.24) is 24.3 Å². The number of hydrogen-bond acceptors (Lipinski definition) is 5. The predicted octanol–water partition coefficient (Wildman–Crippen LogP) is 3.37. The molecule has 8 heteroatoms. The number of hydrogen-bond donors (Lipinski definition) is 0. The van der Waals surface area contributed by atoms with Gasteiger partial charge in [0.25, 0.3) is 0 Å². The van der Waals surface area contributed by atoms with Crippen LogP contribution in [0.15, 0.2) is 17.9 Å². The van der Waals surface area contributed by atoms with Crippen LogP contribution in [0, 0.1) is 18.3 Å². The first-order chi connectivity index (χ1) is 14.9. The van der Waals surface area contributed by atoms with Gasteiger partial charge in [0, 0.05) is 49.6 Å². The predicted molar refractivity (Wildman–Crippen MR) is 119 cm³/mol. The summed E-state index contributed by atoms with van der Waals surface area (Å²) in [6.45, 7) is 8.61. The molecule has 31 heavy (non-hydrogen) atoms. The molecule has 7 nitrogen and oxygen atoms in total. The average molecular weight is 442 g/mol. The lowest BCUT2D eigenvalue weighted by Crippen LogP contribution is -2.40. The average Bonchev–Trinajstić information content (AvgIpc) is 3.11. The second-order valence-corrected chi connectivity index (χ2v) is 10.9. The van der Waals surface area contributed by atoms with E-state index in [9.17, 15) is 9.59 Å². The Morgan fingerprint density at radius 2 is 2.16 bits per heavy atom. The lowest BCUT2D eigenvalue weighted by molar-refractivity contribution is -0.137. The zero-order valence-electron chi connectivity index (χ0n) is 18.6. The van der Waals surface area contributed by atoms with Gasteiger partial charge in [0.05, 0.1) is 34.7 Å². The minimum Gasteiger partial charge on any atom is -0.341 e. The SMILES string of the molecule is Cc1nc(CN2CC[C@@]3(CN(C(=O)CC4CC4)C[C@@H]3c3cn(C(C)C)cn3)C2=O)cs1. The maximum absolute atomic E-state index is 13.8. The molecule has 1 aliphatic carbocycles. The van der Waals surface area contributed by atoms with Gasteiger partial charge in [0.1, 0.15) is 0 Å². The minimum absolute atomic E-state index is 0.0506. The zero-order chi connectivity index (χ0) is 21.8. The molecule has 4 heterocycles. The summed E-state index contributed by atoms with van der Waals surface area (Å²) in [5.74, 6) is 0.856. The van der Waals surface area contributed by atoms with E-state index < -0.39 is 5.41 Å². The van der Waals surface area contributed by atoms with Crippen LogP contribution in [0.1, 0.15) is 67.9 Å². The first-order valence-corrected chi connectivity index (χ1v) is 12.3. The third-order valence-electron chi connectivity index (χ3n) is 7.19. The molecule has 1 saturated carbocycles. The van der Waals surface area contributed by atoms with Gasteiger partial charge >= 0.3 is 0 Å². The van der Waals surface area contributed by atoms with Crippen molar-refractivity contribution in [3.63, 3.8) is 0 Å². The fourth-order valence-electron chi connectivity index (χ4n) is 5.15. The van der Waals surface area contributed by atoms with Crippen LogP contribution in [0.3, 0.4) is 0 Å². The van der Waals surface area contributed by atoms with Crippen LogP contribution >= 0.6 is 11.3 Å².